The van der Waals surface area contributed by atoms with Crippen molar-refractivity contribution in [2.75, 3.05) is 13.2 Å². The van der Waals surface area contributed by atoms with E-state index in [0.29, 0.717) is 15.8 Å². The minimum Gasteiger partial charge on any atom is -0.477 e. The van der Waals surface area contributed by atoms with E-state index < -0.39 is 20.4 Å². The van der Waals surface area contributed by atoms with Gasteiger partial charge in [-0.3, -0.25) is 9.69 Å². The van der Waals surface area contributed by atoms with E-state index in [4.69, 9.17) is 14.1 Å². The quantitative estimate of drug-likeness (QED) is 0.263. The molecule has 0 radical (unpaired) electrons. The third kappa shape index (κ3) is 5.16. The molecule has 12 heteroatoms. The van der Waals surface area contributed by atoms with Gasteiger partial charge in [0.15, 0.2) is 12.7 Å². The molecule has 0 unspecified atom stereocenters. The summed E-state index contributed by atoms with van der Waals surface area (Å²) >= 11 is 2.72. The average molecular weight is 564 g/mol. The van der Waals surface area contributed by atoms with Gasteiger partial charge >= 0.3 is 12.1 Å². The largest absolute Gasteiger partial charge is 0.477 e. The zero-order valence-corrected chi connectivity index (χ0v) is 24.5. The number of β-lactam (4-membered cyclic amide) rings is 1. The SMILES string of the molecule is C=CCOC(=O)N1CC=C(c2csc(SC3=C(C(=O)O)N4C(=O)[C@H]([C@@H](C)O[Si](C)(C)C)[C@H]4[C@H]3C)n2)[C@H]1C. The second-order valence-corrected chi connectivity index (χ2v) is 17.0. The highest BCUT2D eigenvalue weighted by Crippen LogP contribution is 2.53. The monoisotopic (exact) mass is 563 g/mol. The van der Waals surface area contributed by atoms with Gasteiger partial charge in [0.05, 0.1) is 29.8 Å². The first-order valence-electron chi connectivity index (χ1n) is 12.2. The van der Waals surface area contributed by atoms with E-state index in [0.717, 1.165) is 11.3 Å². The first-order valence-corrected chi connectivity index (χ1v) is 17.3. The van der Waals surface area contributed by atoms with E-state index in [1.807, 2.05) is 32.2 Å². The van der Waals surface area contributed by atoms with Crippen molar-refractivity contribution in [3.63, 3.8) is 0 Å². The summed E-state index contributed by atoms with van der Waals surface area (Å²) in [5, 5.41) is 11.9. The second-order valence-electron chi connectivity index (χ2n) is 10.4. The van der Waals surface area contributed by atoms with Gasteiger partial charge in [0.1, 0.15) is 12.3 Å². The molecule has 0 aliphatic carbocycles. The molecular formula is C25H33N3O6S2Si. The van der Waals surface area contributed by atoms with Crippen molar-refractivity contribution >= 4 is 55.0 Å². The summed E-state index contributed by atoms with van der Waals surface area (Å²) in [6.07, 6.45) is 2.80. The number of nitrogens with zero attached hydrogens (tertiary/aromatic N) is 3. The molecule has 1 aromatic rings. The first kappa shape index (κ1) is 27.6. The number of amides is 2. The summed E-state index contributed by atoms with van der Waals surface area (Å²) in [5.74, 6) is -1.82. The Kier molecular flexibility index (Phi) is 7.76. The fourth-order valence-electron chi connectivity index (χ4n) is 5.26. The summed E-state index contributed by atoms with van der Waals surface area (Å²) in [6.45, 7) is 16.2. The van der Waals surface area contributed by atoms with Crippen molar-refractivity contribution in [3.8, 4) is 0 Å². The predicted molar refractivity (Wildman–Crippen MR) is 146 cm³/mol. The lowest BCUT2D eigenvalue weighted by Gasteiger charge is -2.48. The van der Waals surface area contributed by atoms with Crippen molar-refractivity contribution < 1.29 is 28.7 Å². The van der Waals surface area contributed by atoms with Crippen LogP contribution in [0.5, 0.6) is 0 Å². The first-order chi connectivity index (χ1) is 17.4. The molecule has 0 spiro atoms. The Morgan fingerprint density at radius 2 is 2.08 bits per heavy atom. The van der Waals surface area contributed by atoms with Crippen LogP contribution in [0.25, 0.3) is 5.57 Å². The van der Waals surface area contributed by atoms with Crippen molar-refractivity contribution in [1.82, 2.24) is 14.8 Å². The van der Waals surface area contributed by atoms with E-state index in [2.05, 4.69) is 26.2 Å². The molecule has 5 atom stereocenters. The molecular weight excluding hydrogens is 531 g/mol. The van der Waals surface area contributed by atoms with E-state index in [-0.39, 0.29) is 48.2 Å². The Morgan fingerprint density at radius 3 is 2.70 bits per heavy atom. The lowest BCUT2D eigenvalue weighted by molar-refractivity contribution is -0.162. The molecule has 3 aliphatic heterocycles. The van der Waals surface area contributed by atoms with Gasteiger partial charge in [-0.1, -0.05) is 37.4 Å². The molecule has 37 heavy (non-hydrogen) atoms. The number of ether oxygens (including phenoxy) is 1. The average Bonchev–Trinajstić information content (AvgIpc) is 3.47. The highest BCUT2D eigenvalue weighted by atomic mass is 32.2. The van der Waals surface area contributed by atoms with Crippen LogP contribution in [-0.4, -0.2) is 77.5 Å². The minimum absolute atomic E-state index is 0.0466. The fourth-order valence-corrected chi connectivity index (χ4v) is 8.62. The number of thiazole rings is 1. The Morgan fingerprint density at radius 1 is 1.38 bits per heavy atom. The maximum Gasteiger partial charge on any atom is 0.410 e. The molecule has 200 valence electrons. The summed E-state index contributed by atoms with van der Waals surface area (Å²) in [7, 11) is -1.87. The van der Waals surface area contributed by atoms with Crippen LogP contribution in [0, 0.1) is 11.8 Å². The lowest BCUT2D eigenvalue weighted by Crippen LogP contribution is -2.64. The predicted octanol–water partition coefficient (Wildman–Crippen LogP) is 4.66. The highest BCUT2D eigenvalue weighted by Gasteiger charge is 2.60. The van der Waals surface area contributed by atoms with E-state index >= 15 is 0 Å². The normalized spacial score (nSPS) is 26.1. The maximum absolute atomic E-state index is 13.1. The molecule has 4 heterocycles. The topological polar surface area (TPSA) is 109 Å². The van der Waals surface area contributed by atoms with Gasteiger partial charge in [0.25, 0.3) is 0 Å². The molecule has 4 rings (SSSR count). The number of fused-ring (bicyclic) bond motifs is 1. The molecule has 0 bridgehead atoms. The van der Waals surface area contributed by atoms with Crippen LogP contribution in [0.15, 0.2) is 39.1 Å². The van der Waals surface area contributed by atoms with Gasteiger partial charge < -0.3 is 19.2 Å². The second kappa shape index (κ2) is 10.4. The van der Waals surface area contributed by atoms with E-state index in [9.17, 15) is 19.5 Å². The number of carbonyl (C=O) groups excluding carboxylic acids is 2. The summed E-state index contributed by atoms with van der Waals surface area (Å²) in [4.78, 5) is 46.1. The lowest BCUT2D eigenvalue weighted by atomic mass is 9.79. The number of hydrogen-bond donors (Lipinski definition) is 1. The van der Waals surface area contributed by atoms with Gasteiger partial charge in [0, 0.05) is 22.7 Å². The zero-order chi connectivity index (χ0) is 27.2. The minimum atomic E-state index is -1.87. The summed E-state index contributed by atoms with van der Waals surface area (Å²) in [6, 6.07) is -0.441. The number of hydrogen-bond acceptors (Lipinski definition) is 8. The third-order valence-corrected chi connectivity index (χ3v) is 10.1. The van der Waals surface area contributed by atoms with Gasteiger partial charge in [-0.05, 0) is 39.1 Å². The van der Waals surface area contributed by atoms with Crippen LogP contribution in [-0.2, 0) is 18.8 Å². The van der Waals surface area contributed by atoms with Gasteiger partial charge in [0.2, 0.25) is 5.91 Å². The van der Waals surface area contributed by atoms with Crippen LogP contribution < -0.4 is 0 Å². The zero-order valence-electron chi connectivity index (χ0n) is 21.9. The number of carbonyl (C=O) groups is 3. The standard InChI is InChI=1S/C25H33N3O6S2Si/c1-8-11-33-25(32)27-10-9-16(14(27)3)17-12-35-24(26-17)36-21-13(2)19-18(15(4)34-37(5,6)7)22(29)28(19)20(21)23(30)31/h8-9,12-15,18-19H,1,10-11H2,2-7H3,(H,30,31)/t13-,14-,15-,18-,19-/m1/s1. The molecule has 1 N–H and O–H groups in total. The molecule has 9 nitrogen and oxygen atoms in total. The Labute approximate surface area is 226 Å². The molecule has 3 aliphatic rings. The summed E-state index contributed by atoms with van der Waals surface area (Å²) < 4.78 is 12.1. The number of rotatable bonds is 9. The molecule has 1 fully saturated rings. The van der Waals surface area contributed by atoms with Crippen LogP contribution in [0.3, 0.4) is 0 Å². The van der Waals surface area contributed by atoms with Crippen molar-refractivity contribution in [3.05, 3.63) is 40.4 Å². The molecule has 1 saturated heterocycles. The van der Waals surface area contributed by atoms with Crippen molar-refractivity contribution in [2.24, 2.45) is 11.8 Å². The number of thioether (sulfide) groups is 1. The Hall–Kier alpha value is -2.41. The number of aromatic nitrogens is 1. The smallest absolute Gasteiger partial charge is 0.410 e. The number of carboxylic acid groups (broad SMARTS) is 1. The van der Waals surface area contributed by atoms with Gasteiger partial charge in [-0.15, -0.1) is 11.3 Å². The third-order valence-electron chi connectivity index (χ3n) is 6.80. The van der Waals surface area contributed by atoms with Gasteiger partial charge in [-0.25, -0.2) is 14.6 Å². The van der Waals surface area contributed by atoms with Crippen LogP contribution in [0.2, 0.25) is 19.6 Å². The number of aliphatic carboxylic acids is 1. The Balaban J connectivity index is 1.51. The van der Waals surface area contributed by atoms with Crippen LogP contribution in [0.1, 0.15) is 26.5 Å². The molecule has 0 saturated carbocycles. The van der Waals surface area contributed by atoms with Gasteiger partial charge in [-0.2, -0.15) is 0 Å². The van der Waals surface area contributed by atoms with Crippen molar-refractivity contribution in [2.45, 2.75) is 62.9 Å². The molecule has 2 amide bonds. The van der Waals surface area contributed by atoms with E-state index in [1.54, 1.807) is 4.90 Å². The maximum atomic E-state index is 13.1. The van der Waals surface area contributed by atoms with Crippen LogP contribution >= 0.6 is 23.1 Å². The summed E-state index contributed by atoms with van der Waals surface area (Å²) in [5.41, 5.74) is 1.71. The fraction of sp³-hybridized carbons (Fsp3) is 0.520. The number of carboxylic acids is 1. The molecule has 1 aromatic heterocycles. The molecule has 0 aromatic carbocycles. The highest BCUT2D eigenvalue weighted by molar-refractivity contribution is 8.04. The van der Waals surface area contributed by atoms with E-state index in [1.165, 1.54) is 34.1 Å². The Bertz CT molecular complexity index is 1190. The van der Waals surface area contributed by atoms with Crippen LogP contribution in [0.4, 0.5) is 4.79 Å². The van der Waals surface area contributed by atoms with Crippen molar-refractivity contribution in [1.29, 1.82) is 0 Å².